The summed E-state index contributed by atoms with van der Waals surface area (Å²) in [5, 5.41) is 14.9. The number of amides is 1. The Balaban J connectivity index is 1.88. The molecule has 1 unspecified atom stereocenters. The first-order valence-corrected chi connectivity index (χ1v) is 7.70. The van der Waals surface area contributed by atoms with E-state index in [2.05, 4.69) is 10.6 Å². The lowest BCUT2D eigenvalue weighted by molar-refractivity contribution is -0.136. The van der Waals surface area contributed by atoms with Crippen LogP contribution in [0, 0.1) is 0 Å². The average Bonchev–Trinajstić information content (AvgIpc) is 2.39. The van der Waals surface area contributed by atoms with Crippen molar-refractivity contribution in [2.45, 2.75) is 18.9 Å². The second-order valence-corrected chi connectivity index (χ2v) is 5.90. The lowest BCUT2D eigenvalue weighted by Crippen LogP contribution is -2.39. The first kappa shape index (κ1) is 14.9. The number of hydrogen-bond donors (Lipinski definition) is 3. The number of aliphatic carboxylic acids is 1. The third-order valence-corrected chi connectivity index (χ3v) is 4.13. The van der Waals surface area contributed by atoms with Crippen molar-refractivity contribution in [3.63, 3.8) is 0 Å². The Morgan fingerprint density at radius 2 is 2.30 bits per heavy atom. The van der Waals surface area contributed by atoms with Crippen molar-refractivity contribution < 1.29 is 14.7 Å². The second-order valence-electron chi connectivity index (χ2n) is 4.75. The molecular weight excluding hydrogens is 276 g/mol. The number of carboxylic acids is 1. The lowest BCUT2D eigenvalue weighted by atomic mass is 10.1. The maximum atomic E-state index is 11.9. The number of hydrogen-bond acceptors (Lipinski definition) is 4. The highest BCUT2D eigenvalue weighted by Gasteiger charge is 2.16. The molecule has 1 aliphatic rings. The molecule has 6 heteroatoms. The van der Waals surface area contributed by atoms with Crippen molar-refractivity contribution in [2.75, 3.05) is 23.4 Å². The van der Waals surface area contributed by atoms with Gasteiger partial charge in [0.15, 0.2) is 0 Å². The summed E-state index contributed by atoms with van der Waals surface area (Å²) in [5.41, 5.74) is 1.33. The van der Waals surface area contributed by atoms with Crippen molar-refractivity contribution in [3.8, 4) is 0 Å². The molecule has 1 aliphatic heterocycles. The van der Waals surface area contributed by atoms with Crippen LogP contribution in [0.25, 0.3) is 0 Å². The third-order valence-electron chi connectivity index (χ3n) is 3.00. The van der Waals surface area contributed by atoms with Gasteiger partial charge in [0, 0.05) is 36.2 Å². The fourth-order valence-electron chi connectivity index (χ4n) is 2.12. The molecule has 0 saturated carbocycles. The zero-order valence-corrected chi connectivity index (χ0v) is 11.9. The number of benzene rings is 1. The molecule has 1 saturated heterocycles. The number of rotatable bonds is 5. The van der Waals surface area contributed by atoms with E-state index < -0.39 is 5.97 Å². The molecule has 0 aromatic heterocycles. The van der Waals surface area contributed by atoms with Gasteiger partial charge in [0.05, 0.1) is 6.42 Å². The molecule has 1 amide bonds. The molecule has 0 radical (unpaired) electrons. The summed E-state index contributed by atoms with van der Waals surface area (Å²) in [6.07, 6.45) is 0.403. The molecule has 0 aliphatic carbocycles. The predicted octanol–water partition coefficient (Wildman–Crippen LogP) is 1.35. The zero-order valence-electron chi connectivity index (χ0n) is 11.1. The van der Waals surface area contributed by atoms with Gasteiger partial charge in [-0.1, -0.05) is 12.1 Å². The second kappa shape index (κ2) is 7.31. The Hall–Kier alpha value is -1.53. The van der Waals surface area contributed by atoms with Gasteiger partial charge in [0.25, 0.3) is 0 Å². The highest BCUT2D eigenvalue weighted by atomic mass is 32.2. The van der Waals surface area contributed by atoms with Crippen molar-refractivity contribution in [2.24, 2.45) is 0 Å². The highest BCUT2D eigenvalue weighted by Crippen LogP contribution is 2.14. The smallest absolute Gasteiger partial charge is 0.307 e. The Kier molecular flexibility index (Phi) is 5.43. The molecule has 108 valence electrons. The van der Waals surface area contributed by atoms with Gasteiger partial charge in [-0.2, -0.15) is 11.8 Å². The first-order chi connectivity index (χ1) is 9.63. The fourth-order valence-corrected chi connectivity index (χ4v) is 3.07. The molecule has 1 atom stereocenters. The van der Waals surface area contributed by atoms with Gasteiger partial charge in [-0.15, -0.1) is 0 Å². The number of nitrogens with one attached hydrogen (secondary N) is 2. The van der Waals surface area contributed by atoms with Gasteiger partial charge in [-0.05, 0) is 17.7 Å². The van der Waals surface area contributed by atoms with E-state index in [-0.39, 0.29) is 18.4 Å². The van der Waals surface area contributed by atoms with Crippen molar-refractivity contribution >= 4 is 29.3 Å². The molecule has 1 fully saturated rings. The largest absolute Gasteiger partial charge is 0.481 e. The minimum atomic E-state index is -0.878. The summed E-state index contributed by atoms with van der Waals surface area (Å²) in [6, 6.07) is 7.18. The molecular formula is C14H18N2O3S. The van der Waals surface area contributed by atoms with Crippen LogP contribution in [0.3, 0.4) is 0 Å². The van der Waals surface area contributed by atoms with Crippen molar-refractivity contribution in [1.29, 1.82) is 0 Å². The maximum Gasteiger partial charge on any atom is 0.307 e. The van der Waals surface area contributed by atoms with Gasteiger partial charge in [-0.25, -0.2) is 0 Å². The molecule has 1 heterocycles. The Morgan fingerprint density at radius 3 is 3.00 bits per heavy atom. The molecule has 1 aromatic carbocycles. The van der Waals surface area contributed by atoms with E-state index in [4.69, 9.17) is 5.11 Å². The van der Waals surface area contributed by atoms with Gasteiger partial charge in [0.1, 0.15) is 0 Å². The van der Waals surface area contributed by atoms with Gasteiger partial charge >= 0.3 is 5.97 Å². The molecule has 0 spiro atoms. The normalized spacial score (nSPS) is 18.5. The van der Waals surface area contributed by atoms with Crippen LogP contribution in [0.2, 0.25) is 0 Å². The van der Waals surface area contributed by atoms with Crippen molar-refractivity contribution in [3.05, 3.63) is 29.8 Å². The number of thioether (sulfide) groups is 1. The molecule has 1 aromatic rings. The van der Waals surface area contributed by atoms with Gasteiger partial charge in [-0.3, -0.25) is 9.59 Å². The van der Waals surface area contributed by atoms with E-state index >= 15 is 0 Å². The molecule has 5 nitrogen and oxygen atoms in total. The average molecular weight is 294 g/mol. The van der Waals surface area contributed by atoms with E-state index in [1.807, 2.05) is 11.8 Å². The van der Waals surface area contributed by atoms with Crippen molar-refractivity contribution in [1.82, 2.24) is 5.32 Å². The monoisotopic (exact) mass is 294 g/mol. The maximum absolute atomic E-state index is 11.9. The first-order valence-electron chi connectivity index (χ1n) is 6.55. The van der Waals surface area contributed by atoms with E-state index in [0.717, 1.165) is 18.1 Å². The van der Waals surface area contributed by atoms with Crippen LogP contribution in [0.5, 0.6) is 0 Å². The number of anilines is 1. The summed E-state index contributed by atoms with van der Waals surface area (Å²) in [7, 11) is 0. The molecule has 20 heavy (non-hydrogen) atoms. The third kappa shape index (κ3) is 4.86. The van der Waals surface area contributed by atoms with Crippen LogP contribution in [-0.2, 0) is 16.0 Å². The molecule has 2 rings (SSSR count). The van der Waals surface area contributed by atoms with E-state index in [1.165, 1.54) is 0 Å². The topological polar surface area (TPSA) is 78.4 Å². The van der Waals surface area contributed by atoms with Crippen LogP contribution in [-0.4, -0.2) is 41.1 Å². The fraction of sp³-hybridized carbons (Fsp3) is 0.429. The zero-order chi connectivity index (χ0) is 14.4. The van der Waals surface area contributed by atoms with Gasteiger partial charge < -0.3 is 15.7 Å². The summed E-state index contributed by atoms with van der Waals surface area (Å²) in [4.78, 5) is 22.6. The highest BCUT2D eigenvalue weighted by molar-refractivity contribution is 7.99. The molecule has 3 N–H and O–H groups in total. The number of carbonyl (C=O) groups excluding carboxylic acids is 1. The van der Waals surface area contributed by atoms with Crippen LogP contribution >= 0.6 is 11.8 Å². The summed E-state index contributed by atoms with van der Waals surface area (Å²) in [5.74, 6) is 1.12. The van der Waals surface area contributed by atoms with Crippen LogP contribution in [0.15, 0.2) is 24.3 Å². The minimum absolute atomic E-state index is 0.0372. The van der Waals surface area contributed by atoms with E-state index in [0.29, 0.717) is 17.7 Å². The summed E-state index contributed by atoms with van der Waals surface area (Å²) >= 11 is 1.85. The van der Waals surface area contributed by atoms with E-state index in [9.17, 15) is 9.59 Å². The summed E-state index contributed by atoms with van der Waals surface area (Å²) in [6.45, 7) is 0.941. The van der Waals surface area contributed by atoms with Crippen LogP contribution < -0.4 is 10.6 Å². The van der Waals surface area contributed by atoms with Crippen LogP contribution in [0.1, 0.15) is 12.0 Å². The standard InChI is InChI=1S/C14H18N2O3S/c17-13(8-12-9-20-5-4-15-12)16-11-3-1-2-10(6-11)7-14(18)19/h1-3,6,12,15H,4-5,7-9H2,(H,16,17)(H,18,19). The molecule has 0 bridgehead atoms. The van der Waals surface area contributed by atoms with Crippen LogP contribution in [0.4, 0.5) is 5.69 Å². The number of carboxylic acid groups (broad SMARTS) is 1. The van der Waals surface area contributed by atoms with E-state index in [1.54, 1.807) is 24.3 Å². The summed E-state index contributed by atoms with van der Waals surface area (Å²) < 4.78 is 0. The van der Waals surface area contributed by atoms with Gasteiger partial charge in [0.2, 0.25) is 5.91 Å². The minimum Gasteiger partial charge on any atom is -0.481 e. The quantitative estimate of drug-likeness (QED) is 0.764. The SMILES string of the molecule is O=C(O)Cc1cccc(NC(=O)CC2CSCCN2)c1. The number of carbonyl (C=O) groups is 2. The predicted molar refractivity (Wildman–Crippen MR) is 80.1 cm³/mol. The Bertz CT molecular complexity index is 487. The lowest BCUT2D eigenvalue weighted by Gasteiger charge is -2.22. The Labute approximate surface area is 122 Å². The Morgan fingerprint density at radius 1 is 1.45 bits per heavy atom.